The number of nitrogens with zero attached hydrogens (tertiary/aromatic N) is 1. The third-order valence-electron chi connectivity index (χ3n) is 3.05. The first-order valence-corrected chi connectivity index (χ1v) is 5.76. The van der Waals surface area contributed by atoms with Crippen LogP contribution < -0.4 is 11.1 Å². The summed E-state index contributed by atoms with van der Waals surface area (Å²) in [6, 6.07) is 3.34. The average Bonchev–Trinajstić information content (AvgIpc) is 2.34. The highest BCUT2D eigenvalue weighted by Crippen LogP contribution is 2.13. The van der Waals surface area contributed by atoms with Gasteiger partial charge in [0.2, 0.25) is 5.91 Å². The van der Waals surface area contributed by atoms with Crippen LogP contribution in [0.1, 0.15) is 5.56 Å². The van der Waals surface area contributed by atoms with Gasteiger partial charge in [-0.2, -0.15) is 0 Å². The van der Waals surface area contributed by atoms with Crippen LogP contribution in [-0.4, -0.2) is 36.5 Å². The molecule has 0 aliphatic carbocycles. The van der Waals surface area contributed by atoms with Gasteiger partial charge in [-0.25, -0.2) is 8.78 Å². The minimum absolute atomic E-state index is 0.381. The number of rotatable bonds is 3. The summed E-state index contributed by atoms with van der Waals surface area (Å²) in [6.45, 7) is 2.26. The van der Waals surface area contributed by atoms with E-state index in [2.05, 4.69) is 5.32 Å². The van der Waals surface area contributed by atoms with E-state index in [-0.39, 0.29) is 0 Å². The number of halogens is 2. The fourth-order valence-corrected chi connectivity index (χ4v) is 2.09. The minimum Gasteiger partial charge on any atom is -0.368 e. The predicted molar refractivity (Wildman–Crippen MR) is 62.6 cm³/mol. The molecule has 1 amide bonds. The minimum atomic E-state index is -0.877. The van der Waals surface area contributed by atoms with Crippen molar-refractivity contribution in [3.05, 3.63) is 35.4 Å². The summed E-state index contributed by atoms with van der Waals surface area (Å²) in [5.41, 5.74) is 5.94. The maximum atomic E-state index is 13.1. The van der Waals surface area contributed by atoms with Crippen molar-refractivity contribution in [3.8, 4) is 0 Å². The van der Waals surface area contributed by atoms with Crippen LogP contribution in [0.2, 0.25) is 0 Å². The van der Waals surface area contributed by atoms with Gasteiger partial charge in [0.05, 0.1) is 0 Å². The van der Waals surface area contributed by atoms with E-state index < -0.39 is 23.6 Å². The summed E-state index contributed by atoms with van der Waals surface area (Å²) in [7, 11) is 0. The second-order valence-corrected chi connectivity index (χ2v) is 4.34. The highest BCUT2D eigenvalue weighted by atomic mass is 19.2. The molecule has 6 heteroatoms. The first kappa shape index (κ1) is 12.9. The SMILES string of the molecule is NC(=O)C1CNCCN1Cc1ccc(F)c(F)c1. The smallest absolute Gasteiger partial charge is 0.236 e. The van der Waals surface area contributed by atoms with E-state index in [4.69, 9.17) is 5.73 Å². The first-order chi connectivity index (χ1) is 8.58. The zero-order valence-corrected chi connectivity index (χ0v) is 9.83. The Bertz CT molecular complexity index is 453. The third kappa shape index (κ3) is 2.83. The molecule has 0 bridgehead atoms. The third-order valence-corrected chi connectivity index (χ3v) is 3.05. The van der Waals surface area contributed by atoms with Gasteiger partial charge in [0, 0.05) is 26.2 Å². The molecule has 0 aromatic heterocycles. The molecule has 1 aliphatic heterocycles. The van der Waals surface area contributed by atoms with Crippen LogP contribution in [0.15, 0.2) is 18.2 Å². The molecule has 1 atom stereocenters. The van der Waals surface area contributed by atoms with Gasteiger partial charge in [0.1, 0.15) is 6.04 Å². The second kappa shape index (κ2) is 5.41. The van der Waals surface area contributed by atoms with Gasteiger partial charge >= 0.3 is 0 Å². The van der Waals surface area contributed by atoms with E-state index in [0.717, 1.165) is 18.7 Å². The summed E-state index contributed by atoms with van der Waals surface area (Å²) in [4.78, 5) is 13.1. The predicted octanol–water partition coefficient (Wildman–Crippen LogP) is 0.224. The van der Waals surface area contributed by atoms with Crippen LogP contribution in [0, 0.1) is 11.6 Å². The molecule has 1 unspecified atom stereocenters. The van der Waals surface area contributed by atoms with E-state index >= 15 is 0 Å². The molecule has 0 radical (unpaired) electrons. The highest BCUT2D eigenvalue weighted by Gasteiger charge is 2.26. The summed E-state index contributed by atoms with van der Waals surface area (Å²) in [5, 5.41) is 3.08. The van der Waals surface area contributed by atoms with E-state index in [0.29, 0.717) is 25.2 Å². The molecule has 1 aromatic carbocycles. The van der Waals surface area contributed by atoms with Crippen molar-refractivity contribution >= 4 is 5.91 Å². The topological polar surface area (TPSA) is 58.4 Å². The number of benzene rings is 1. The number of amides is 1. The Morgan fingerprint density at radius 1 is 1.44 bits per heavy atom. The van der Waals surface area contributed by atoms with E-state index in [9.17, 15) is 13.6 Å². The van der Waals surface area contributed by atoms with Gasteiger partial charge in [-0.1, -0.05) is 6.07 Å². The summed E-state index contributed by atoms with van der Waals surface area (Å²) in [6.07, 6.45) is 0. The number of carbonyl (C=O) groups excluding carboxylic acids is 1. The van der Waals surface area contributed by atoms with Crippen molar-refractivity contribution in [2.45, 2.75) is 12.6 Å². The van der Waals surface area contributed by atoms with Crippen molar-refractivity contribution in [1.82, 2.24) is 10.2 Å². The van der Waals surface area contributed by atoms with Crippen LogP contribution in [0.4, 0.5) is 8.78 Å². The Hall–Kier alpha value is -1.53. The van der Waals surface area contributed by atoms with Crippen molar-refractivity contribution in [3.63, 3.8) is 0 Å². The van der Waals surface area contributed by atoms with Gasteiger partial charge in [-0.3, -0.25) is 9.69 Å². The van der Waals surface area contributed by atoms with Crippen LogP contribution in [0.3, 0.4) is 0 Å². The number of hydrogen-bond donors (Lipinski definition) is 2. The lowest BCUT2D eigenvalue weighted by Crippen LogP contribution is -2.56. The molecule has 1 fully saturated rings. The molecular formula is C12H15F2N3O. The van der Waals surface area contributed by atoms with Crippen LogP contribution in [0.25, 0.3) is 0 Å². The number of carbonyl (C=O) groups is 1. The van der Waals surface area contributed by atoms with E-state index in [1.807, 2.05) is 4.90 Å². The first-order valence-electron chi connectivity index (χ1n) is 5.76. The maximum Gasteiger partial charge on any atom is 0.236 e. The highest BCUT2D eigenvalue weighted by molar-refractivity contribution is 5.80. The largest absolute Gasteiger partial charge is 0.368 e. The maximum absolute atomic E-state index is 13.1. The van der Waals surface area contributed by atoms with Crippen molar-refractivity contribution in [1.29, 1.82) is 0 Å². The van der Waals surface area contributed by atoms with Crippen LogP contribution in [-0.2, 0) is 11.3 Å². The van der Waals surface area contributed by atoms with Gasteiger partial charge in [-0.05, 0) is 17.7 Å². The average molecular weight is 255 g/mol. The molecule has 1 aromatic rings. The Kier molecular flexibility index (Phi) is 3.88. The molecule has 4 nitrogen and oxygen atoms in total. The van der Waals surface area contributed by atoms with Gasteiger partial charge < -0.3 is 11.1 Å². The van der Waals surface area contributed by atoms with Gasteiger partial charge in [0.25, 0.3) is 0 Å². The van der Waals surface area contributed by atoms with Crippen molar-refractivity contribution in [2.75, 3.05) is 19.6 Å². The molecule has 0 saturated carbocycles. The lowest BCUT2D eigenvalue weighted by atomic mass is 10.1. The van der Waals surface area contributed by atoms with Gasteiger partial charge in [0.15, 0.2) is 11.6 Å². The summed E-state index contributed by atoms with van der Waals surface area (Å²) >= 11 is 0. The molecule has 1 aliphatic rings. The Labute approximate surface area is 104 Å². The monoisotopic (exact) mass is 255 g/mol. The Morgan fingerprint density at radius 3 is 2.89 bits per heavy atom. The van der Waals surface area contributed by atoms with Crippen LogP contribution >= 0.6 is 0 Å². The fraction of sp³-hybridized carbons (Fsp3) is 0.417. The molecule has 2 rings (SSSR count). The zero-order chi connectivity index (χ0) is 13.1. The fourth-order valence-electron chi connectivity index (χ4n) is 2.09. The molecule has 1 heterocycles. The molecule has 18 heavy (non-hydrogen) atoms. The standard InChI is InChI=1S/C12H15F2N3O/c13-9-2-1-8(5-10(9)14)7-17-4-3-16-6-11(17)12(15)18/h1-2,5,11,16H,3-4,6-7H2,(H2,15,18). The zero-order valence-electron chi connectivity index (χ0n) is 9.83. The Morgan fingerprint density at radius 2 is 2.22 bits per heavy atom. The lowest BCUT2D eigenvalue weighted by molar-refractivity contribution is -0.124. The number of nitrogens with two attached hydrogens (primary N) is 1. The number of nitrogens with one attached hydrogen (secondary N) is 1. The quantitative estimate of drug-likeness (QED) is 0.812. The summed E-state index contributed by atoms with van der Waals surface area (Å²) < 4.78 is 25.9. The molecule has 1 saturated heterocycles. The molecular weight excluding hydrogens is 240 g/mol. The van der Waals surface area contributed by atoms with Crippen molar-refractivity contribution < 1.29 is 13.6 Å². The normalized spacial score (nSPS) is 20.9. The Balaban J connectivity index is 2.10. The number of primary amides is 1. The van der Waals surface area contributed by atoms with Crippen molar-refractivity contribution in [2.24, 2.45) is 5.73 Å². The molecule has 98 valence electrons. The van der Waals surface area contributed by atoms with E-state index in [1.54, 1.807) is 0 Å². The molecule has 3 N–H and O–H groups in total. The summed E-state index contributed by atoms with van der Waals surface area (Å²) in [5.74, 6) is -2.16. The number of hydrogen-bond acceptors (Lipinski definition) is 3. The molecule has 0 spiro atoms. The lowest BCUT2D eigenvalue weighted by Gasteiger charge is -2.34. The van der Waals surface area contributed by atoms with Gasteiger partial charge in [-0.15, -0.1) is 0 Å². The van der Waals surface area contributed by atoms with E-state index in [1.165, 1.54) is 6.07 Å². The second-order valence-electron chi connectivity index (χ2n) is 4.34. The van der Waals surface area contributed by atoms with Crippen LogP contribution in [0.5, 0.6) is 0 Å². The number of piperazine rings is 1.